The number of nitrogens with zero attached hydrogens (tertiary/aromatic N) is 3. The number of aryl methyl sites for hydroxylation is 1. The molecule has 2 atom stereocenters. The molecule has 1 aromatic rings. The first-order valence-electron chi connectivity index (χ1n) is 6.10. The first kappa shape index (κ1) is 10.6. The largest absolute Gasteiger partial charge is 0.291 e. The van der Waals surface area contributed by atoms with Crippen LogP contribution in [0.4, 0.5) is 0 Å². The molecule has 3 rings (SSSR count). The molecule has 4 heteroatoms. The molecule has 0 spiro atoms. The lowest BCUT2D eigenvalue weighted by molar-refractivity contribution is 0.132. The molecule has 3 nitrogen and oxygen atoms in total. The third-order valence-electron chi connectivity index (χ3n) is 3.94. The van der Waals surface area contributed by atoms with Gasteiger partial charge in [-0.15, -0.1) is 11.6 Å². The second kappa shape index (κ2) is 4.04. The minimum absolute atomic E-state index is 0.400. The monoisotopic (exact) mass is 239 g/mol. The zero-order valence-electron chi connectivity index (χ0n) is 9.64. The predicted octanol–water partition coefficient (Wildman–Crippen LogP) is 2.15. The highest BCUT2D eigenvalue weighted by molar-refractivity contribution is 6.20. The maximum absolute atomic E-state index is 6.27. The van der Waals surface area contributed by atoms with Crippen LogP contribution in [0.25, 0.3) is 0 Å². The summed E-state index contributed by atoms with van der Waals surface area (Å²) in [4.78, 5) is 2.61. The van der Waals surface area contributed by atoms with E-state index >= 15 is 0 Å². The molecule has 0 aromatic carbocycles. The van der Waals surface area contributed by atoms with Gasteiger partial charge in [-0.25, -0.2) is 0 Å². The number of fused-ring (bicyclic) bond motifs is 2. The highest BCUT2D eigenvalue weighted by Crippen LogP contribution is 2.38. The summed E-state index contributed by atoms with van der Waals surface area (Å²) in [6, 6.07) is 3.51. The smallest absolute Gasteiger partial charge is 0.0764 e. The Balaban J connectivity index is 1.72. The lowest BCUT2D eigenvalue weighted by atomic mass is 10.0. The highest BCUT2D eigenvalue weighted by Gasteiger charge is 2.40. The number of aromatic nitrogens is 2. The van der Waals surface area contributed by atoms with Gasteiger partial charge in [0.25, 0.3) is 0 Å². The van der Waals surface area contributed by atoms with Crippen molar-refractivity contribution in [3.05, 3.63) is 18.0 Å². The molecule has 0 aliphatic carbocycles. The van der Waals surface area contributed by atoms with E-state index in [0.717, 1.165) is 19.4 Å². The molecule has 16 heavy (non-hydrogen) atoms. The van der Waals surface area contributed by atoms with Gasteiger partial charge in [0.05, 0.1) is 5.69 Å². The third kappa shape index (κ3) is 1.87. The van der Waals surface area contributed by atoms with Crippen LogP contribution in [-0.2, 0) is 13.6 Å². The number of rotatable bonds is 2. The topological polar surface area (TPSA) is 21.1 Å². The molecule has 0 radical (unpaired) electrons. The van der Waals surface area contributed by atoms with Gasteiger partial charge in [0.15, 0.2) is 0 Å². The van der Waals surface area contributed by atoms with Crippen LogP contribution in [0.5, 0.6) is 0 Å². The van der Waals surface area contributed by atoms with Crippen LogP contribution in [0.2, 0.25) is 0 Å². The zero-order valence-corrected chi connectivity index (χ0v) is 10.4. The van der Waals surface area contributed by atoms with Gasteiger partial charge in [0.2, 0.25) is 0 Å². The van der Waals surface area contributed by atoms with Gasteiger partial charge >= 0.3 is 0 Å². The summed E-state index contributed by atoms with van der Waals surface area (Å²) >= 11 is 6.27. The number of halogens is 1. The number of hydrogen-bond acceptors (Lipinski definition) is 2. The van der Waals surface area contributed by atoms with E-state index in [1.54, 1.807) is 0 Å². The van der Waals surface area contributed by atoms with Crippen LogP contribution >= 0.6 is 11.6 Å². The maximum Gasteiger partial charge on any atom is 0.0764 e. The van der Waals surface area contributed by atoms with E-state index < -0.39 is 0 Å². The summed E-state index contributed by atoms with van der Waals surface area (Å²) in [5.41, 5.74) is 1.19. The Morgan fingerprint density at radius 2 is 2.06 bits per heavy atom. The molecule has 0 amide bonds. The standard InChI is InChI=1S/C12H18ClN3/c1-15-5-4-10(14-15)8-16-11-2-3-12(16)7-9(13)6-11/h4-5,9,11-12H,2-3,6-8H2,1H3. The van der Waals surface area contributed by atoms with E-state index in [-0.39, 0.29) is 0 Å². The van der Waals surface area contributed by atoms with E-state index in [2.05, 4.69) is 16.1 Å². The van der Waals surface area contributed by atoms with Crippen molar-refractivity contribution in [1.29, 1.82) is 0 Å². The van der Waals surface area contributed by atoms with Crippen molar-refractivity contribution in [2.45, 2.75) is 49.7 Å². The first-order valence-corrected chi connectivity index (χ1v) is 6.54. The summed E-state index contributed by atoms with van der Waals surface area (Å²) in [6.45, 7) is 1.000. The Kier molecular flexibility index (Phi) is 2.68. The molecular formula is C12H18ClN3. The van der Waals surface area contributed by atoms with Crippen molar-refractivity contribution >= 4 is 11.6 Å². The molecule has 0 N–H and O–H groups in total. The van der Waals surface area contributed by atoms with Crippen molar-refractivity contribution in [2.75, 3.05) is 0 Å². The number of alkyl halides is 1. The summed E-state index contributed by atoms with van der Waals surface area (Å²) in [5, 5.41) is 4.86. The predicted molar refractivity (Wildman–Crippen MR) is 64.4 cm³/mol. The first-order chi connectivity index (χ1) is 7.72. The molecular weight excluding hydrogens is 222 g/mol. The SMILES string of the molecule is Cn1ccc(CN2C3CCC2CC(Cl)C3)n1. The number of piperidine rings is 1. The Hall–Kier alpha value is -0.540. The quantitative estimate of drug-likeness (QED) is 0.738. The van der Waals surface area contributed by atoms with Crippen LogP contribution in [0.1, 0.15) is 31.4 Å². The van der Waals surface area contributed by atoms with Crippen molar-refractivity contribution in [2.24, 2.45) is 7.05 Å². The highest BCUT2D eigenvalue weighted by atomic mass is 35.5. The van der Waals surface area contributed by atoms with Gasteiger partial charge in [-0.05, 0) is 31.7 Å². The fraction of sp³-hybridized carbons (Fsp3) is 0.750. The summed E-state index contributed by atoms with van der Waals surface area (Å²) < 4.78 is 1.88. The van der Waals surface area contributed by atoms with E-state index in [1.807, 2.05) is 17.9 Å². The Labute approximate surface area is 101 Å². The normalized spacial score (nSPS) is 34.5. The molecule has 1 aromatic heterocycles. The van der Waals surface area contributed by atoms with Crippen molar-refractivity contribution in [3.8, 4) is 0 Å². The van der Waals surface area contributed by atoms with Crippen LogP contribution in [0.15, 0.2) is 12.3 Å². The molecule has 2 unspecified atom stereocenters. The average Bonchev–Trinajstić information content (AvgIpc) is 2.72. The average molecular weight is 240 g/mol. The van der Waals surface area contributed by atoms with Gasteiger partial charge in [-0.2, -0.15) is 5.10 Å². The second-order valence-electron chi connectivity index (χ2n) is 5.11. The second-order valence-corrected chi connectivity index (χ2v) is 5.72. The fourth-order valence-corrected chi connectivity index (χ4v) is 3.61. The van der Waals surface area contributed by atoms with Crippen LogP contribution < -0.4 is 0 Å². The van der Waals surface area contributed by atoms with Crippen molar-refractivity contribution < 1.29 is 0 Å². The van der Waals surface area contributed by atoms with Gasteiger partial charge in [0.1, 0.15) is 0 Å². The Morgan fingerprint density at radius 3 is 2.62 bits per heavy atom. The molecule has 2 fully saturated rings. The number of hydrogen-bond donors (Lipinski definition) is 0. The Morgan fingerprint density at radius 1 is 1.38 bits per heavy atom. The molecule has 88 valence electrons. The van der Waals surface area contributed by atoms with Gasteiger partial charge in [-0.1, -0.05) is 0 Å². The third-order valence-corrected chi connectivity index (χ3v) is 4.30. The Bertz CT molecular complexity index is 362. The minimum atomic E-state index is 0.400. The lowest BCUT2D eigenvalue weighted by Crippen LogP contribution is -2.42. The lowest BCUT2D eigenvalue weighted by Gasteiger charge is -2.36. The fourth-order valence-electron chi connectivity index (χ4n) is 3.20. The van der Waals surface area contributed by atoms with E-state index in [1.165, 1.54) is 18.5 Å². The van der Waals surface area contributed by atoms with Gasteiger partial charge in [-0.3, -0.25) is 9.58 Å². The molecule has 3 heterocycles. The molecule has 2 saturated heterocycles. The van der Waals surface area contributed by atoms with Crippen molar-refractivity contribution in [1.82, 2.24) is 14.7 Å². The molecule has 0 saturated carbocycles. The minimum Gasteiger partial charge on any atom is -0.291 e. The maximum atomic E-state index is 6.27. The summed E-state index contributed by atoms with van der Waals surface area (Å²) in [5.74, 6) is 0. The molecule has 2 aliphatic heterocycles. The van der Waals surface area contributed by atoms with E-state index in [0.29, 0.717) is 17.5 Å². The summed E-state index contributed by atoms with van der Waals surface area (Å²) in [7, 11) is 1.98. The van der Waals surface area contributed by atoms with Crippen LogP contribution in [-0.4, -0.2) is 32.1 Å². The molecule has 2 aliphatic rings. The van der Waals surface area contributed by atoms with Gasteiger partial charge in [0, 0.05) is 37.3 Å². The van der Waals surface area contributed by atoms with Crippen LogP contribution in [0.3, 0.4) is 0 Å². The molecule has 2 bridgehead atoms. The van der Waals surface area contributed by atoms with Gasteiger partial charge < -0.3 is 0 Å². The summed E-state index contributed by atoms with van der Waals surface area (Å²) in [6.07, 6.45) is 6.97. The van der Waals surface area contributed by atoms with Crippen LogP contribution in [0, 0.1) is 0 Å². The van der Waals surface area contributed by atoms with E-state index in [4.69, 9.17) is 11.6 Å². The zero-order chi connectivity index (χ0) is 11.1. The van der Waals surface area contributed by atoms with Crippen molar-refractivity contribution in [3.63, 3.8) is 0 Å². The van der Waals surface area contributed by atoms with E-state index in [9.17, 15) is 0 Å².